The molecule has 1 amide bonds. The Balaban J connectivity index is 1.90. The van der Waals surface area contributed by atoms with E-state index >= 15 is 0 Å². The standard InChI is InChI=1S/C16H23NO5S/c1-12(2)10-23(19,20)11-16(18)17(3)8-13-9-21-14-6-4-5-7-15(14)22-13/h4-7,12-13H,8-11H2,1-3H3/t13-/m1/s1. The maximum atomic E-state index is 12.1. The zero-order valence-electron chi connectivity index (χ0n) is 13.7. The van der Waals surface area contributed by atoms with Gasteiger partial charge in [-0.05, 0) is 18.1 Å². The van der Waals surface area contributed by atoms with Crippen LogP contribution in [0.25, 0.3) is 0 Å². The van der Waals surface area contributed by atoms with Gasteiger partial charge in [0.15, 0.2) is 27.4 Å². The van der Waals surface area contributed by atoms with Gasteiger partial charge >= 0.3 is 0 Å². The van der Waals surface area contributed by atoms with Crippen molar-refractivity contribution >= 4 is 15.7 Å². The topological polar surface area (TPSA) is 72.9 Å². The third kappa shape index (κ3) is 5.13. The van der Waals surface area contributed by atoms with Crippen molar-refractivity contribution in [3.8, 4) is 11.5 Å². The highest BCUT2D eigenvalue weighted by Crippen LogP contribution is 2.30. The summed E-state index contributed by atoms with van der Waals surface area (Å²) in [6.45, 7) is 4.24. The highest BCUT2D eigenvalue weighted by Gasteiger charge is 2.26. The number of fused-ring (bicyclic) bond motifs is 1. The minimum atomic E-state index is -3.38. The first-order chi connectivity index (χ1) is 10.8. The van der Waals surface area contributed by atoms with Crippen molar-refractivity contribution < 1.29 is 22.7 Å². The molecule has 23 heavy (non-hydrogen) atoms. The van der Waals surface area contributed by atoms with E-state index < -0.39 is 21.5 Å². The Morgan fingerprint density at radius 1 is 1.30 bits per heavy atom. The van der Waals surface area contributed by atoms with Crippen molar-refractivity contribution in [1.82, 2.24) is 4.90 Å². The van der Waals surface area contributed by atoms with Crippen LogP contribution in [0.5, 0.6) is 11.5 Å². The summed E-state index contributed by atoms with van der Waals surface area (Å²) < 4.78 is 35.2. The van der Waals surface area contributed by atoms with Gasteiger partial charge in [0, 0.05) is 7.05 Å². The molecule has 0 bridgehead atoms. The number of carbonyl (C=O) groups excluding carboxylic acids is 1. The minimum Gasteiger partial charge on any atom is -0.486 e. The average Bonchev–Trinajstić information content (AvgIpc) is 2.45. The zero-order valence-corrected chi connectivity index (χ0v) is 14.5. The molecule has 1 aliphatic rings. The van der Waals surface area contributed by atoms with Gasteiger partial charge in [-0.2, -0.15) is 0 Å². The average molecular weight is 341 g/mol. The minimum absolute atomic E-state index is 0.00434. The lowest BCUT2D eigenvalue weighted by Gasteiger charge is -2.29. The number of sulfone groups is 1. The number of likely N-dealkylation sites (N-methyl/N-ethyl adjacent to an activating group) is 1. The van der Waals surface area contributed by atoms with Crippen LogP contribution in [0.2, 0.25) is 0 Å². The molecule has 0 N–H and O–H groups in total. The Labute approximate surface area is 137 Å². The van der Waals surface area contributed by atoms with Gasteiger partial charge < -0.3 is 14.4 Å². The molecule has 1 aromatic rings. The molecule has 0 aliphatic carbocycles. The first-order valence-corrected chi connectivity index (χ1v) is 9.42. The quantitative estimate of drug-likeness (QED) is 0.781. The fourth-order valence-corrected chi connectivity index (χ4v) is 4.16. The summed E-state index contributed by atoms with van der Waals surface area (Å²) in [5.41, 5.74) is 0. The van der Waals surface area contributed by atoms with E-state index in [-0.39, 0.29) is 24.3 Å². The van der Waals surface area contributed by atoms with Crippen LogP contribution in [0.3, 0.4) is 0 Å². The number of hydrogen-bond acceptors (Lipinski definition) is 5. The van der Waals surface area contributed by atoms with Crippen molar-refractivity contribution in [2.45, 2.75) is 20.0 Å². The van der Waals surface area contributed by atoms with Gasteiger partial charge in [0.2, 0.25) is 5.91 Å². The third-order valence-corrected chi connectivity index (χ3v) is 5.26. The molecular weight excluding hydrogens is 318 g/mol. The highest BCUT2D eigenvalue weighted by atomic mass is 32.2. The Hall–Kier alpha value is -1.76. The van der Waals surface area contributed by atoms with E-state index in [9.17, 15) is 13.2 Å². The largest absolute Gasteiger partial charge is 0.486 e. The number of para-hydroxylation sites is 2. The molecule has 1 aliphatic heterocycles. The Bertz CT molecular complexity index is 656. The van der Waals surface area contributed by atoms with Crippen LogP contribution in [-0.4, -0.2) is 57.0 Å². The normalized spacial score (nSPS) is 17.1. The molecule has 0 aromatic heterocycles. The number of nitrogens with zero attached hydrogens (tertiary/aromatic N) is 1. The van der Waals surface area contributed by atoms with Gasteiger partial charge in [-0.1, -0.05) is 26.0 Å². The summed E-state index contributed by atoms with van der Waals surface area (Å²) in [6, 6.07) is 7.32. The van der Waals surface area contributed by atoms with Gasteiger partial charge in [-0.15, -0.1) is 0 Å². The number of benzene rings is 1. The van der Waals surface area contributed by atoms with Gasteiger partial charge in [0.25, 0.3) is 0 Å². The van der Waals surface area contributed by atoms with Gasteiger partial charge in [0.05, 0.1) is 12.3 Å². The number of hydrogen-bond donors (Lipinski definition) is 0. The second kappa shape index (κ2) is 7.21. The van der Waals surface area contributed by atoms with E-state index in [2.05, 4.69) is 0 Å². The lowest BCUT2D eigenvalue weighted by atomic mass is 10.2. The molecule has 2 rings (SSSR count). The predicted octanol–water partition coefficient (Wildman–Crippen LogP) is 1.36. The molecule has 1 heterocycles. The molecule has 0 saturated carbocycles. The molecule has 0 saturated heterocycles. The summed E-state index contributed by atoms with van der Waals surface area (Å²) in [6.07, 6.45) is -0.313. The van der Waals surface area contributed by atoms with Crippen LogP contribution in [-0.2, 0) is 14.6 Å². The van der Waals surface area contributed by atoms with Crippen LogP contribution in [0.4, 0.5) is 0 Å². The summed E-state index contributed by atoms with van der Waals surface area (Å²) in [5, 5.41) is 0. The molecular formula is C16H23NO5S. The Morgan fingerprint density at radius 3 is 2.61 bits per heavy atom. The smallest absolute Gasteiger partial charge is 0.237 e. The zero-order chi connectivity index (χ0) is 17.0. The predicted molar refractivity (Wildman–Crippen MR) is 87.5 cm³/mol. The maximum Gasteiger partial charge on any atom is 0.237 e. The van der Waals surface area contributed by atoms with Crippen molar-refractivity contribution in [1.29, 1.82) is 0 Å². The lowest BCUT2D eigenvalue weighted by molar-refractivity contribution is -0.128. The summed E-state index contributed by atoms with van der Waals surface area (Å²) in [7, 11) is -1.80. The second-order valence-corrected chi connectivity index (χ2v) is 8.33. The Kier molecular flexibility index (Phi) is 5.51. The summed E-state index contributed by atoms with van der Waals surface area (Å²) >= 11 is 0. The fraction of sp³-hybridized carbons (Fsp3) is 0.562. The second-order valence-electron chi connectivity index (χ2n) is 6.22. The lowest BCUT2D eigenvalue weighted by Crippen LogP contribution is -2.43. The van der Waals surface area contributed by atoms with Crippen molar-refractivity contribution in [3.05, 3.63) is 24.3 Å². The van der Waals surface area contributed by atoms with E-state index in [1.165, 1.54) is 4.90 Å². The maximum absolute atomic E-state index is 12.1. The Morgan fingerprint density at radius 2 is 1.96 bits per heavy atom. The first-order valence-electron chi connectivity index (χ1n) is 7.59. The van der Waals surface area contributed by atoms with Crippen LogP contribution in [0.15, 0.2) is 24.3 Å². The van der Waals surface area contributed by atoms with Crippen LogP contribution < -0.4 is 9.47 Å². The fourth-order valence-electron chi connectivity index (χ4n) is 2.43. The van der Waals surface area contributed by atoms with Crippen LogP contribution in [0.1, 0.15) is 13.8 Å². The molecule has 0 fully saturated rings. The van der Waals surface area contributed by atoms with E-state index in [0.717, 1.165) is 0 Å². The number of amides is 1. The SMILES string of the molecule is CC(C)CS(=O)(=O)CC(=O)N(C)C[C@@H]1COc2ccccc2O1. The number of rotatable bonds is 6. The molecule has 6 nitrogen and oxygen atoms in total. The molecule has 128 valence electrons. The molecule has 1 aromatic carbocycles. The van der Waals surface area contributed by atoms with Crippen molar-refractivity contribution in [2.24, 2.45) is 5.92 Å². The number of carbonyl (C=O) groups is 1. The monoisotopic (exact) mass is 341 g/mol. The highest BCUT2D eigenvalue weighted by molar-refractivity contribution is 7.92. The van der Waals surface area contributed by atoms with E-state index in [0.29, 0.717) is 18.1 Å². The molecule has 0 spiro atoms. The van der Waals surface area contributed by atoms with Crippen LogP contribution >= 0.6 is 0 Å². The molecule has 1 atom stereocenters. The van der Waals surface area contributed by atoms with Crippen molar-refractivity contribution in [2.75, 3.05) is 31.7 Å². The van der Waals surface area contributed by atoms with E-state index in [1.807, 2.05) is 32.0 Å². The first kappa shape index (κ1) is 17.6. The van der Waals surface area contributed by atoms with Gasteiger partial charge in [-0.25, -0.2) is 8.42 Å². The van der Waals surface area contributed by atoms with E-state index in [1.54, 1.807) is 13.1 Å². The van der Waals surface area contributed by atoms with E-state index in [4.69, 9.17) is 9.47 Å². The third-order valence-electron chi connectivity index (χ3n) is 3.40. The molecule has 0 radical (unpaired) electrons. The van der Waals surface area contributed by atoms with Gasteiger partial charge in [0.1, 0.15) is 12.4 Å². The summed E-state index contributed by atoms with van der Waals surface area (Å²) in [4.78, 5) is 13.5. The molecule has 7 heteroatoms. The molecule has 0 unspecified atom stereocenters. The number of ether oxygens (including phenoxy) is 2. The summed E-state index contributed by atoms with van der Waals surface area (Å²) in [5.74, 6) is 0.446. The van der Waals surface area contributed by atoms with Gasteiger partial charge in [-0.3, -0.25) is 4.79 Å². The van der Waals surface area contributed by atoms with Crippen LogP contribution in [0, 0.1) is 5.92 Å². The van der Waals surface area contributed by atoms with Crippen molar-refractivity contribution in [3.63, 3.8) is 0 Å².